The summed E-state index contributed by atoms with van der Waals surface area (Å²) < 4.78 is 5.63. The molecule has 0 aliphatic heterocycles. The molecule has 15 heavy (non-hydrogen) atoms. The maximum atomic E-state index is 12.1. The fourth-order valence-electron chi connectivity index (χ4n) is 1.94. The lowest BCUT2D eigenvalue weighted by atomic mass is 10.0. The Morgan fingerprint density at radius 2 is 1.87 bits per heavy atom. The lowest BCUT2D eigenvalue weighted by molar-refractivity contribution is 0.547. The van der Waals surface area contributed by atoms with Crippen LogP contribution in [0.15, 0.2) is 33.5 Å². The van der Waals surface area contributed by atoms with Crippen LogP contribution in [0.3, 0.4) is 0 Å². The van der Waals surface area contributed by atoms with Gasteiger partial charge in [0.25, 0.3) is 0 Å². The van der Waals surface area contributed by atoms with Crippen LogP contribution in [0.1, 0.15) is 31.1 Å². The summed E-state index contributed by atoms with van der Waals surface area (Å²) in [6.07, 6.45) is 0. The first-order valence-electron chi connectivity index (χ1n) is 5.13. The van der Waals surface area contributed by atoms with Gasteiger partial charge in [-0.15, -0.1) is 0 Å². The molecule has 2 heteroatoms. The highest BCUT2D eigenvalue weighted by molar-refractivity contribution is 5.77. The van der Waals surface area contributed by atoms with Gasteiger partial charge in [0.05, 0.1) is 5.39 Å². The molecule has 1 aromatic carbocycles. The van der Waals surface area contributed by atoms with Gasteiger partial charge in [0.1, 0.15) is 11.3 Å². The number of hydrogen-bond donors (Lipinski definition) is 0. The molecule has 0 aliphatic carbocycles. The fourth-order valence-corrected chi connectivity index (χ4v) is 1.94. The lowest BCUT2D eigenvalue weighted by Gasteiger charge is -2.08. The molecule has 0 atom stereocenters. The first-order chi connectivity index (χ1) is 7.11. The Labute approximate surface area is 88.5 Å². The quantitative estimate of drug-likeness (QED) is 0.710. The van der Waals surface area contributed by atoms with Crippen molar-refractivity contribution in [1.29, 1.82) is 0 Å². The minimum absolute atomic E-state index is 0.101. The summed E-state index contributed by atoms with van der Waals surface area (Å²) in [6, 6.07) is 7.37. The Bertz CT molecular complexity index is 550. The highest BCUT2D eigenvalue weighted by atomic mass is 16.3. The van der Waals surface area contributed by atoms with E-state index in [0.717, 1.165) is 11.3 Å². The van der Waals surface area contributed by atoms with E-state index in [1.807, 2.05) is 45.0 Å². The summed E-state index contributed by atoms with van der Waals surface area (Å²) >= 11 is 0. The molecule has 2 rings (SSSR count). The summed E-state index contributed by atoms with van der Waals surface area (Å²) in [7, 11) is 0. The predicted molar refractivity (Wildman–Crippen MR) is 61.3 cm³/mol. The zero-order valence-electron chi connectivity index (χ0n) is 9.20. The Balaban J connectivity index is 2.91. The molecule has 78 valence electrons. The molecule has 2 aromatic rings. The molecule has 0 spiro atoms. The van der Waals surface area contributed by atoms with E-state index in [-0.39, 0.29) is 11.3 Å². The second kappa shape index (κ2) is 3.54. The van der Waals surface area contributed by atoms with Crippen LogP contribution in [0.25, 0.3) is 11.0 Å². The second-order valence-corrected chi connectivity index (χ2v) is 4.05. The Hall–Kier alpha value is -1.57. The van der Waals surface area contributed by atoms with Crippen LogP contribution in [-0.2, 0) is 0 Å². The number of rotatable bonds is 1. The maximum absolute atomic E-state index is 12.1. The van der Waals surface area contributed by atoms with Crippen LogP contribution in [0.5, 0.6) is 0 Å². The van der Waals surface area contributed by atoms with Gasteiger partial charge in [-0.1, -0.05) is 26.0 Å². The van der Waals surface area contributed by atoms with Crippen molar-refractivity contribution in [3.05, 3.63) is 45.8 Å². The standard InChI is InChI=1S/C13H14O2/c1-8(2)12-9(3)15-11-7-5-4-6-10(11)13(12)14/h4-8H,1-3H3. The molecule has 0 bridgehead atoms. The van der Waals surface area contributed by atoms with E-state index in [0.29, 0.717) is 11.0 Å². The lowest BCUT2D eigenvalue weighted by Crippen LogP contribution is -2.12. The first kappa shape index (κ1) is 9.97. The van der Waals surface area contributed by atoms with Crippen molar-refractivity contribution >= 4 is 11.0 Å². The molecule has 0 amide bonds. The molecule has 0 saturated carbocycles. The van der Waals surface area contributed by atoms with E-state index in [4.69, 9.17) is 4.42 Å². The van der Waals surface area contributed by atoms with E-state index >= 15 is 0 Å². The highest BCUT2D eigenvalue weighted by Crippen LogP contribution is 2.20. The number of aryl methyl sites for hydroxylation is 1. The molecule has 0 radical (unpaired) electrons. The van der Waals surface area contributed by atoms with Crippen LogP contribution in [0.2, 0.25) is 0 Å². The maximum Gasteiger partial charge on any atom is 0.196 e. The molecule has 1 heterocycles. The molecule has 0 N–H and O–H groups in total. The third kappa shape index (κ3) is 1.56. The van der Waals surface area contributed by atoms with Crippen LogP contribution in [-0.4, -0.2) is 0 Å². The van der Waals surface area contributed by atoms with Gasteiger partial charge in [-0.3, -0.25) is 4.79 Å². The Morgan fingerprint density at radius 3 is 2.53 bits per heavy atom. The number of fused-ring (bicyclic) bond motifs is 1. The zero-order chi connectivity index (χ0) is 11.0. The van der Waals surface area contributed by atoms with E-state index in [1.165, 1.54) is 0 Å². The van der Waals surface area contributed by atoms with Crippen molar-refractivity contribution < 1.29 is 4.42 Å². The predicted octanol–water partition coefficient (Wildman–Crippen LogP) is 3.22. The highest BCUT2D eigenvalue weighted by Gasteiger charge is 2.13. The van der Waals surface area contributed by atoms with E-state index in [2.05, 4.69) is 0 Å². The van der Waals surface area contributed by atoms with Gasteiger partial charge >= 0.3 is 0 Å². The van der Waals surface area contributed by atoms with Crippen LogP contribution < -0.4 is 5.43 Å². The molecule has 0 saturated heterocycles. The van der Waals surface area contributed by atoms with Gasteiger partial charge in [0.15, 0.2) is 5.43 Å². The first-order valence-corrected chi connectivity index (χ1v) is 5.13. The van der Waals surface area contributed by atoms with Crippen molar-refractivity contribution in [2.24, 2.45) is 0 Å². The van der Waals surface area contributed by atoms with Gasteiger partial charge in [0, 0.05) is 5.56 Å². The third-order valence-electron chi connectivity index (χ3n) is 2.60. The summed E-state index contributed by atoms with van der Waals surface area (Å²) in [5.74, 6) is 0.930. The number of para-hydroxylation sites is 1. The molecule has 0 unspecified atom stereocenters. The van der Waals surface area contributed by atoms with Crippen molar-refractivity contribution in [2.45, 2.75) is 26.7 Å². The molecule has 2 nitrogen and oxygen atoms in total. The normalized spacial score (nSPS) is 11.2. The zero-order valence-corrected chi connectivity index (χ0v) is 9.20. The van der Waals surface area contributed by atoms with Crippen LogP contribution in [0, 0.1) is 6.92 Å². The SMILES string of the molecule is Cc1oc2ccccc2c(=O)c1C(C)C. The van der Waals surface area contributed by atoms with Gasteiger partial charge in [-0.2, -0.15) is 0 Å². The summed E-state index contributed by atoms with van der Waals surface area (Å²) in [6.45, 7) is 5.87. The van der Waals surface area contributed by atoms with Crippen molar-refractivity contribution in [3.8, 4) is 0 Å². The van der Waals surface area contributed by atoms with Gasteiger partial charge in [0.2, 0.25) is 0 Å². The average molecular weight is 202 g/mol. The summed E-state index contributed by atoms with van der Waals surface area (Å²) in [5, 5.41) is 0.673. The fraction of sp³-hybridized carbons (Fsp3) is 0.308. The largest absolute Gasteiger partial charge is 0.461 e. The average Bonchev–Trinajstić information content (AvgIpc) is 2.17. The van der Waals surface area contributed by atoms with E-state index < -0.39 is 0 Å². The van der Waals surface area contributed by atoms with Gasteiger partial charge < -0.3 is 4.42 Å². The minimum atomic E-state index is 0.101. The molecular weight excluding hydrogens is 188 g/mol. The monoisotopic (exact) mass is 202 g/mol. The van der Waals surface area contributed by atoms with Gasteiger partial charge in [-0.05, 0) is 25.0 Å². The topological polar surface area (TPSA) is 30.2 Å². The van der Waals surface area contributed by atoms with Crippen LogP contribution >= 0.6 is 0 Å². The molecular formula is C13H14O2. The summed E-state index contributed by atoms with van der Waals surface area (Å²) in [5.41, 5.74) is 1.56. The smallest absolute Gasteiger partial charge is 0.196 e. The van der Waals surface area contributed by atoms with Crippen molar-refractivity contribution in [2.75, 3.05) is 0 Å². The van der Waals surface area contributed by atoms with Crippen LogP contribution in [0.4, 0.5) is 0 Å². The minimum Gasteiger partial charge on any atom is -0.461 e. The molecule has 0 fully saturated rings. The Kier molecular flexibility index (Phi) is 2.35. The van der Waals surface area contributed by atoms with Crippen molar-refractivity contribution in [1.82, 2.24) is 0 Å². The van der Waals surface area contributed by atoms with E-state index in [1.54, 1.807) is 0 Å². The summed E-state index contributed by atoms with van der Waals surface area (Å²) in [4.78, 5) is 12.1. The Morgan fingerprint density at radius 1 is 1.20 bits per heavy atom. The van der Waals surface area contributed by atoms with E-state index in [9.17, 15) is 4.79 Å². The number of benzene rings is 1. The third-order valence-corrected chi connectivity index (χ3v) is 2.60. The van der Waals surface area contributed by atoms with Crippen molar-refractivity contribution in [3.63, 3.8) is 0 Å². The number of hydrogen-bond acceptors (Lipinski definition) is 2. The van der Waals surface area contributed by atoms with Gasteiger partial charge in [-0.25, -0.2) is 0 Å². The second-order valence-electron chi connectivity index (χ2n) is 4.05. The molecule has 0 aliphatic rings. The molecule has 1 aromatic heterocycles.